The maximum Gasteiger partial charge on any atom is 0.224 e. The van der Waals surface area contributed by atoms with Crippen molar-refractivity contribution in [3.05, 3.63) is 71.9 Å². The fourth-order valence-electron chi connectivity index (χ4n) is 2.94. The van der Waals surface area contributed by atoms with E-state index in [2.05, 4.69) is 51.4 Å². The van der Waals surface area contributed by atoms with E-state index in [1.54, 1.807) is 20.4 Å². The number of ether oxygens (including phenoxy) is 2. The van der Waals surface area contributed by atoms with Gasteiger partial charge >= 0.3 is 0 Å². The Balaban J connectivity index is 1.69. The molecule has 0 saturated carbocycles. The Hall–Kier alpha value is -3.28. The maximum atomic E-state index is 5.36. The number of rotatable bonds is 9. The summed E-state index contributed by atoms with van der Waals surface area (Å²) in [6.45, 7) is 4.39. The molecule has 1 aromatic heterocycles. The third-order valence-corrected chi connectivity index (χ3v) is 4.46. The van der Waals surface area contributed by atoms with Crippen molar-refractivity contribution < 1.29 is 9.47 Å². The van der Waals surface area contributed by atoms with Gasteiger partial charge in [0.05, 0.1) is 14.2 Å². The van der Waals surface area contributed by atoms with Crippen LogP contribution in [0.15, 0.2) is 60.8 Å². The summed E-state index contributed by atoms with van der Waals surface area (Å²) in [5.74, 6) is 2.91. The molecule has 1 heterocycles. The van der Waals surface area contributed by atoms with Gasteiger partial charge in [-0.1, -0.05) is 36.4 Å². The number of nitrogens with zero attached hydrogens (tertiary/aromatic N) is 3. The van der Waals surface area contributed by atoms with E-state index in [0.29, 0.717) is 24.0 Å². The molecule has 0 bridgehead atoms. The summed E-state index contributed by atoms with van der Waals surface area (Å²) in [5, 5.41) is 3.29. The van der Waals surface area contributed by atoms with Crippen LogP contribution in [0.3, 0.4) is 0 Å². The van der Waals surface area contributed by atoms with Gasteiger partial charge < -0.3 is 19.7 Å². The van der Waals surface area contributed by atoms with Crippen molar-refractivity contribution in [2.45, 2.75) is 20.0 Å². The Kier molecular flexibility index (Phi) is 6.68. The van der Waals surface area contributed by atoms with Crippen LogP contribution in [0.1, 0.15) is 18.1 Å². The summed E-state index contributed by atoms with van der Waals surface area (Å²) in [6.07, 6.45) is 1.78. The average molecular weight is 378 g/mol. The second kappa shape index (κ2) is 9.60. The Labute approximate surface area is 166 Å². The molecular formula is C22H26N4O2. The summed E-state index contributed by atoms with van der Waals surface area (Å²) in [4.78, 5) is 11.2. The van der Waals surface area contributed by atoms with E-state index in [0.717, 1.165) is 24.5 Å². The first-order valence-corrected chi connectivity index (χ1v) is 9.30. The summed E-state index contributed by atoms with van der Waals surface area (Å²) >= 11 is 0. The second-order valence-corrected chi connectivity index (χ2v) is 6.28. The van der Waals surface area contributed by atoms with Crippen molar-refractivity contribution in [1.82, 2.24) is 9.97 Å². The highest BCUT2D eigenvalue weighted by molar-refractivity contribution is 5.46. The molecule has 1 N–H and O–H groups in total. The van der Waals surface area contributed by atoms with Gasteiger partial charge in [-0.25, -0.2) is 4.98 Å². The highest BCUT2D eigenvalue weighted by Gasteiger charge is 2.09. The van der Waals surface area contributed by atoms with Crippen molar-refractivity contribution in [2.24, 2.45) is 0 Å². The molecule has 0 aliphatic rings. The molecule has 146 valence electrons. The average Bonchev–Trinajstić information content (AvgIpc) is 2.76. The predicted octanol–water partition coefficient (Wildman–Crippen LogP) is 4.13. The van der Waals surface area contributed by atoms with Crippen molar-refractivity contribution in [1.29, 1.82) is 0 Å². The Bertz CT molecular complexity index is 887. The van der Waals surface area contributed by atoms with Crippen molar-refractivity contribution in [3.63, 3.8) is 0 Å². The smallest absolute Gasteiger partial charge is 0.224 e. The molecule has 0 unspecified atom stereocenters. The van der Waals surface area contributed by atoms with Gasteiger partial charge in [0.25, 0.3) is 0 Å². The van der Waals surface area contributed by atoms with Crippen LogP contribution in [-0.4, -0.2) is 30.7 Å². The summed E-state index contributed by atoms with van der Waals surface area (Å²) in [5.41, 5.74) is 2.31. The number of hydrogen-bond acceptors (Lipinski definition) is 6. The number of aromatic nitrogens is 2. The molecule has 0 atom stereocenters. The Morgan fingerprint density at radius 3 is 2.43 bits per heavy atom. The van der Waals surface area contributed by atoms with Gasteiger partial charge in [0, 0.05) is 25.8 Å². The highest BCUT2D eigenvalue weighted by atomic mass is 16.5. The zero-order valence-corrected chi connectivity index (χ0v) is 16.6. The molecule has 0 saturated heterocycles. The molecule has 3 aromatic rings. The normalized spacial score (nSPS) is 10.4. The van der Waals surface area contributed by atoms with E-state index in [1.165, 1.54) is 5.56 Å². The van der Waals surface area contributed by atoms with Crippen LogP contribution in [0.2, 0.25) is 0 Å². The molecule has 6 heteroatoms. The van der Waals surface area contributed by atoms with Gasteiger partial charge in [0.2, 0.25) is 5.95 Å². The largest absolute Gasteiger partial charge is 0.493 e. The van der Waals surface area contributed by atoms with E-state index in [-0.39, 0.29) is 0 Å². The minimum absolute atomic E-state index is 0.592. The molecule has 0 radical (unpaired) electrons. The summed E-state index contributed by atoms with van der Waals surface area (Å²) in [7, 11) is 3.26. The molecular weight excluding hydrogens is 352 g/mol. The van der Waals surface area contributed by atoms with Gasteiger partial charge in [-0.3, -0.25) is 0 Å². The van der Waals surface area contributed by atoms with E-state index in [1.807, 2.05) is 30.3 Å². The van der Waals surface area contributed by atoms with Crippen LogP contribution in [0.4, 0.5) is 11.8 Å². The van der Waals surface area contributed by atoms with Gasteiger partial charge in [0.15, 0.2) is 11.5 Å². The van der Waals surface area contributed by atoms with Crippen LogP contribution in [0.25, 0.3) is 0 Å². The quantitative estimate of drug-likeness (QED) is 0.604. The molecule has 0 spiro atoms. The first-order chi connectivity index (χ1) is 13.7. The number of nitrogens with one attached hydrogen (secondary N) is 1. The summed E-state index contributed by atoms with van der Waals surface area (Å²) < 4.78 is 10.6. The fraction of sp³-hybridized carbons (Fsp3) is 0.273. The molecule has 0 aliphatic heterocycles. The third kappa shape index (κ3) is 4.91. The maximum absolute atomic E-state index is 5.36. The van der Waals surface area contributed by atoms with Crippen LogP contribution < -0.4 is 19.7 Å². The minimum Gasteiger partial charge on any atom is -0.493 e. The molecule has 0 amide bonds. The van der Waals surface area contributed by atoms with Crippen molar-refractivity contribution >= 4 is 11.8 Å². The third-order valence-electron chi connectivity index (χ3n) is 4.46. The number of benzene rings is 2. The summed E-state index contributed by atoms with van der Waals surface area (Å²) in [6, 6.07) is 18.2. The SMILES string of the molecule is CCN(Cc1ccccc1)c1ccnc(NCc2ccc(OC)c(OC)c2)n1. The van der Waals surface area contributed by atoms with Crippen LogP contribution in [-0.2, 0) is 13.1 Å². The topological polar surface area (TPSA) is 59.5 Å². The molecule has 0 fully saturated rings. The van der Waals surface area contributed by atoms with Gasteiger partial charge in [0.1, 0.15) is 5.82 Å². The van der Waals surface area contributed by atoms with Gasteiger partial charge in [-0.15, -0.1) is 0 Å². The Morgan fingerprint density at radius 1 is 0.929 bits per heavy atom. The standard InChI is InChI=1S/C22H26N4O2/c1-4-26(16-17-8-6-5-7-9-17)21-12-13-23-22(25-21)24-15-18-10-11-19(27-2)20(14-18)28-3/h5-14H,4,15-16H2,1-3H3,(H,23,24,25). The van der Waals surface area contributed by atoms with Gasteiger partial charge in [-0.2, -0.15) is 4.98 Å². The second-order valence-electron chi connectivity index (χ2n) is 6.28. The fourth-order valence-corrected chi connectivity index (χ4v) is 2.94. The monoisotopic (exact) mass is 378 g/mol. The van der Waals surface area contributed by atoms with Crippen molar-refractivity contribution in [3.8, 4) is 11.5 Å². The first-order valence-electron chi connectivity index (χ1n) is 9.30. The van der Waals surface area contributed by atoms with E-state index < -0.39 is 0 Å². The molecule has 3 rings (SSSR count). The lowest BCUT2D eigenvalue weighted by Crippen LogP contribution is -2.23. The molecule has 28 heavy (non-hydrogen) atoms. The van der Waals surface area contributed by atoms with Crippen LogP contribution in [0.5, 0.6) is 11.5 Å². The van der Waals surface area contributed by atoms with Crippen LogP contribution in [0, 0.1) is 0 Å². The lowest BCUT2D eigenvalue weighted by Gasteiger charge is -2.22. The first kappa shape index (κ1) is 19.5. The number of methoxy groups -OCH3 is 2. The molecule has 0 aliphatic carbocycles. The highest BCUT2D eigenvalue weighted by Crippen LogP contribution is 2.27. The lowest BCUT2D eigenvalue weighted by atomic mass is 10.2. The van der Waals surface area contributed by atoms with E-state index >= 15 is 0 Å². The molecule has 6 nitrogen and oxygen atoms in total. The number of anilines is 2. The predicted molar refractivity (Wildman–Crippen MR) is 112 cm³/mol. The van der Waals surface area contributed by atoms with Gasteiger partial charge in [-0.05, 0) is 36.2 Å². The minimum atomic E-state index is 0.592. The van der Waals surface area contributed by atoms with Crippen LogP contribution >= 0.6 is 0 Å². The Morgan fingerprint density at radius 2 is 1.71 bits per heavy atom. The van der Waals surface area contributed by atoms with Crippen molar-refractivity contribution in [2.75, 3.05) is 31.0 Å². The zero-order chi connectivity index (χ0) is 19.8. The zero-order valence-electron chi connectivity index (χ0n) is 16.6. The van der Waals surface area contributed by atoms with E-state index in [9.17, 15) is 0 Å². The van der Waals surface area contributed by atoms with E-state index in [4.69, 9.17) is 9.47 Å². The lowest BCUT2D eigenvalue weighted by molar-refractivity contribution is 0.354. The molecule has 2 aromatic carbocycles. The number of hydrogen-bond donors (Lipinski definition) is 1.